The van der Waals surface area contributed by atoms with Crippen LogP contribution in [0.3, 0.4) is 0 Å². The second-order valence-corrected chi connectivity index (χ2v) is 3.52. The highest BCUT2D eigenvalue weighted by Gasteiger charge is 2.14. The van der Waals surface area contributed by atoms with E-state index in [9.17, 15) is 5.11 Å². The zero-order chi connectivity index (χ0) is 11.4. The molecule has 4 nitrogen and oxygen atoms in total. The number of aliphatic hydroxyl groups excluding tert-OH is 1. The molecular weight excluding hydrogens is 194 g/mol. The average molecular weight is 211 g/mol. The number of nitrogens with two attached hydrogens (primary N) is 1. The van der Waals surface area contributed by atoms with Gasteiger partial charge in [-0.05, 0) is 25.0 Å². The lowest BCUT2D eigenvalue weighted by molar-refractivity contribution is 0.275. The minimum absolute atomic E-state index is 0.00311. The van der Waals surface area contributed by atoms with Crippen LogP contribution in [0.25, 0.3) is 0 Å². The van der Waals surface area contributed by atoms with E-state index >= 15 is 0 Å². The number of hydrogen-bond donors (Lipinski definition) is 3. The molecule has 0 saturated carbocycles. The van der Waals surface area contributed by atoms with Crippen LogP contribution in [0.2, 0.25) is 0 Å². The predicted molar refractivity (Wildman–Crippen MR) is 58.0 cm³/mol. The van der Waals surface area contributed by atoms with Crippen molar-refractivity contribution < 1.29 is 14.9 Å². The quantitative estimate of drug-likeness (QED) is 0.697. The van der Waals surface area contributed by atoms with E-state index in [0.29, 0.717) is 17.7 Å². The maximum Gasteiger partial charge on any atom is 0.162 e. The van der Waals surface area contributed by atoms with Gasteiger partial charge < -0.3 is 20.7 Å². The number of hydrogen-bond acceptors (Lipinski definition) is 4. The van der Waals surface area contributed by atoms with E-state index < -0.39 is 0 Å². The van der Waals surface area contributed by atoms with E-state index in [1.54, 1.807) is 12.1 Å². The highest BCUT2D eigenvalue weighted by Crippen LogP contribution is 2.35. The van der Waals surface area contributed by atoms with Crippen molar-refractivity contribution in [2.24, 2.45) is 5.73 Å². The molecule has 1 aromatic rings. The van der Waals surface area contributed by atoms with Crippen LogP contribution in [0.4, 0.5) is 0 Å². The summed E-state index contributed by atoms with van der Waals surface area (Å²) >= 11 is 0. The molecule has 1 atom stereocenters. The lowest BCUT2D eigenvalue weighted by atomic mass is 10.0. The minimum Gasteiger partial charge on any atom is -0.504 e. The number of aryl methyl sites for hydroxylation is 1. The van der Waals surface area contributed by atoms with Gasteiger partial charge in [0, 0.05) is 18.2 Å². The molecule has 4 heteroatoms. The molecule has 84 valence electrons. The number of aromatic hydroxyl groups is 1. The first kappa shape index (κ1) is 11.8. The van der Waals surface area contributed by atoms with Crippen LogP contribution in [0, 0.1) is 6.92 Å². The van der Waals surface area contributed by atoms with Gasteiger partial charge in [0.25, 0.3) is 0 Å². The molecule has 0 saturated heterocycles. The van der Waals surface area contributed by atoms with E-state index in [2.05, 4.69) is 0 Å². The Kier molecular flexibility index (Phi) is 3.94. The van der Waals surface area contributed by atoms with Crippen molar-refractivity contribution >= 4 is 0 Å². The molecule has 0 aliphatic carbocycles. The molecular formula is C11H17NO3. The molecule has 0 fully saturated rings. The van der Waals surface area contributed by atoms with E-state index in [4.69, 9.17) is 15.6 Å². The number of rotatable bonds is 4. The Balaban J connectivity index is 3.11. The first-order chi connectivity index (χ1) is 7.10. The summed E-state index contributed by atoms with van der Waals surface area (Å²) in [4.78, 5) is 0. The number of aliphatic hydroxyl groups is 1. The minimum atomic E-state index is -0.371. The topological polar surface area (TPSA) is 75.7 Å². The van der Waals surface area contributed by atoms with Crippen molar-refractivity contribution in [1.82, 2.24) is 0 Å². The van der Waals surface area contributed by atoms with E-state index in [1.165, 1.54) is 7.11 Å². The maximum atomic E-state index is 9.82. The highest BCUT2D eigenvalue weighted by atomic mass is 16.5. The van der Waals surface area contributed by atoms with Crippen molar-refractivity contribution in [3.63, 3.8) is 0 Å². The predicted octanol–water partition coefficient (Wildman–Crippen LogP) is 1.09. The molecule has 0 aromatic heterocycles. The third-order valence-electron chi connectivity index (χ3n) is 2.31. The fraction of sp³-hybridized carbons (Fsp3) is 0.455. The molecule has 1 unspecified atom stereocenters. The number of methoxy groups -OCH3 is 1. The van der Waals surface area contributed by atoms with Crippen molar-refractivity contribution in [2.75, 3.05) is 13.7 Å². The Bertz CT molecular complexity index is 339. The average Bonchev–Trinajstić information content (AvgIpc) is 2.21. The molecule has 15 heavy (non-hydrogen) atoms. The van der Waals surface area contributed by atoms with Crippen LogP contribution in [-0.2, 0) is 0 Å². The summed E-state index contributed by atoms with van der Waals surface area (Å²) in [6, 6.07) is 3.17. The summed E-state index contributed by atoms with van der Waals surface area (Å²) in [5, 5.41) is 18.6. The summed E-state index contributed by atoms with van der Waals surface area (Å²) in [6.45, 7) is 1.90. The zero-order valence-electron chi connectivity index (χ0n) is 9.03. The van der Waals surface area contributed by atoms with Gasteiger partial charge in [0.15, 0.2) is 11.5 Å². The number of phenolic OH excluding ortho intramolecular Hbond substituents is 1. The normalized spacial score (nSPS) is 12.5. The van der Waals surface area contributed by atoms with Crippen molar-refractivity contribution in [1.29, 1.82) is 0 Å². The largest absolute Gasteiger partial charge is 0.504 e. The van der Waals surface area contributed by atoms with Crippen molar-refractivity contribution in [3.8, 4) is 11.5 Å². The van der Waals surface area contributed by atoms with Crippen LogP contribution in [0.5, 0.6) is 11.5 Å². The van der Waals surface area contributed by atoms with Crippen LogP contribution >= 0.6 is 0 Å². The third-order valence-corrected chi connectivity index (χ3v) is 2.31. The Labute approximate surface area is 89.3 Å². The summed E-state index contributed by atoms with van der Waals surface area (Å²) in [5.74, 6) is 0.474. The summed E-state index contributed by atoms with van der Waals surface area (Å²) < 4.78 is 5.03. The number of ether oxygens (including phenoxy) is 1. The third kappa shape index (κ3) is 2.61. The fourth-order valence-corrected chi connectivity index (χ4v) is 1.51. The summed E-state index contributed by atoms with van der Waals surface area (Å²) in [6.07, 6.45) is 0.417. The molecule has 1 aromatic carbocycles. The molecule has 0 bridgehead atoms. The lowest BCUT2D eigenvalue weighted by Crippen LogP contribution is -2.12. The molecule has 0 spiro atoms. The Morgan fingerprint density at radius 3 is 2.67 bits per heavy atom. The highest BCUT2D eigenvalue weighted by molar-refractivity contribution is 5.49. The molecule has 1 rings (SSSR count). The lowest BCUT2D eigenvalue weighted by Gasteiger charge is -2.15. The van der Waals surface area contributed by atoms with Gasteiger partial charge in [-0.15, -0.1) is 0 Å². The fourth-order valence-electron chi connectivity index (χ4n) is 1.51. The SMILES string of the molecule is COc1cc(C)cc(C(N)CCO)c1O. The van der Waals surface area contributed by atoms with E-state index in [0.717, 1.165) is 5.56 Å². The standard InChI is InChI=1S/C11H17NO3/c1-7-5-8(9(12)3-4-13)11(14)10(6-7)15-2/h5-6,9,13-14H,3-4,12H2,1-2H3. The monoisotopic (exact) mass is 211 g/mol. The van der Waals surface area contributed by atoms with Gasteiger partial charge in [-0.1, -0.05) is 6.07 Å². The molecule has 0 amide bonds. The van der Waals surface area contributed by atoms with Crippen LogP contribution in [0.1, 0.15) is 23.6 Å². The second kappa shape index (κ2) is 5.00. The van der Waals surface area contributed by atoms with Crippen LogP contribution in [0.15, 0.2) is 12.1 Å². The molecule has 0 heterocycles. The maximum absolute atomic E-state index is 9.82. The number of phenols is 1. The molecule has 0 aliphatic rings. The van der Waals surface area contributed by atoms with Crippen LogP contribution < -0.4 is 10.5 Å². The van der Waals surface area contributed by atoms with Gasteiger partial charge in [-0.25, -0.2) is 0 Å². The summed E-state index contributed by atoms with van der Waals surface area (Å²) in [5.41, 5.74) is 7.40. The second-order valence-electron chi connectivity index (χ2n) is 3.52. The van der Waals surface area contributed by atoms with Gasteiger partial charge in [0.2, 0.25) is 0 Å². The molecule has 0 aliphatic heterocycles. The molecule has 4 N–H and O–H groups in total. The zero-order valence-corrected chi connectivity index (χ0v) is 9.03. The Morgan fingerprint density at radius 1 is 1.47 bits per heavy atom. The smallest absolute Gasteiger partial charge is 0.162 e. The van der Waals surface area contributed by atoms with E-state index in [-0.39, 0.29) is 18.4 Å². The van der Waals surface area contributed by atoms with Gasteiger partial charge >= 0.3 is 0 Å². The van der Waals surface area contributed by atoms with Crippen LogP contribution in [-0.4, -0.2) is 23.9 Å². The van der Waals surface area contributed by atoms with Gasteiger partial charge in [0.05, 0.1) is 7.11 Å². The molecule has 0 radical (unpaired) electrons. The van der Waals surface area contributed by atoms with E-state index in [1.807, 2.05) is 6.92 Å². The first-order valence-corrected chi connectivity index (χ1v) is 4.84. The van der Waals surface area contributed by atoms with Gasteiger partial charge in [0.1, 0.15) is 0 Å². The summed E-state index contributed by atoms with van der Waals surface area (Å²) in [7, 11) is 1.50. The Morgan fingerprint density at radius 2 is 2.13 bits per heavy atom. The van der Waals surface area contributed by atoms with Gasteiger partial charge in [-0.2, -0.15) is 0 Å². The Hall–Kier alpha value is -1.26. The van der Waals surface area contributed by atoms with Gasteiger partial charge in [-0.3, -0.25) is 0 Å². The van der Waals surface area contributed by atoms with Crippen molar-refractivity contribution in [3.05, 3.63) is 23.3 Å². The first-order valence-electron chi connectivity index (χ1n) is 4.84. The van der Waals surface area contributed by atoms with Crippen molar-refractivity contribution in [2.45, 2.75) is 19.4 Å². The number of benzene rings is 1.